The Labute approximate surface area is 230 Å². The number of nitrogens with zero attached hydrogens (tertiary/aromatic N) is 6. The molecule has 2 amide bonds. The number of hydrogen-bond donors (Lipinski definition) is 2. The van der Waals surface area contributed by atoms with Gasteiger partial charge in [-0.2, -0.15) is 14.8 Å². The van der Waals surface area contributed by atoms with E-state index in [1.165, 1.54) is 12.3 Å². The van der Waals surface area contributed by atoms with Gasteiger partial charge in [-0.05, 0) is 50.6 Å². The SMILES string of the molecule is CC(C)(O)COc1cc(-c2ccc(N3CC4CC(C3)N4C(=O)Nc3ccccc3)nc2)c2c(C#N)cnn2c1F. The van der Waals surface area contributed by atoms with Crippen molar-refractivity contribution in [2.45, 2.75) is 38.0 Å². The molecule has 2 N–H and O–H groups in total. The third-order valence-corrected chi connectivity index (χ3v) is 7.23. The van der Waals surface area contributed by atoms with Crippen LogP contribution in [0.1, 0.15) is 25.8 Å². The van der Waals surface area contributed by atoms with Crippen molar-refractivity contribution in [3.63, 3.8) is 0 Å². The number of piperazine rings is 1. The van der Waals surface area contributed by atoms with E-state index in [1.807, 2.05) is 47.4 Å². The Bertz CT molecular complexity index is 1600. The second kappa shape index (κ2) is 9.81. The van der Waals surface area contributed by atoms with Crippen LogP contribution in [0.4, 0.5) is 20.7 Å². The van der Waals surface area contributed by atoms with Crippen LogP contribution in [0.15, 0.2) is 60.9 Å². The molecule has 11 heteroatoms. The Morgan fingerprint density at radius 2 is 1.95 bits per heavy atom. The highest BCUT2D eigenvalue weighted by Crippen LogP contribution is 2.36. The van der Waals surface area contributed by atoms with E-state index in [0.717, 1.165) is 22.4 Å². The number of piperidine rings is 1. The maximum Gasteiger partial charge on any atom is 0.322 e. The average Bonchev–Trinajstić information content (AvgIpc) is 3.38. The van der Waals surface area contributed by atoms with Gasteiger partial charge < -0.3 is 25.0 Å². The van der Waals surface area contributed by atoms with Crippen LogP contribution in [0, 0.1) is 17.3 Å². The summed E-state index contributed by atoms with van der Waals surface area (Å²) in [6.45, 7) is 4.34. The Balaban J connectivity index is 1.22. The fourth-order valence-electron chi connectivity index (χ4n) is 5.35. The van der Waals surface area contributed by atoms with E-state index in [1.54, 1.807) is 20.0 Å². The minimum Gasteiger partial charge on any atom is -0.486 e. The zero-order chi connectivity index (χ0) is 28.0. The normalized spacial score (nSPS) is 18.3. The number of carbonyl (C=O) groups is 1. The number of amides is 2. The minimum atomic E-state index is -1.17. The van der Waals surface area contributed by atoms with E-state index in [0.29, 0.717) is 29.7 Å². The third-order valence-electron chi connectivity index (χ3n) is 7.23. The van der Waals surface area contributed by atoms with Crippen LogP contribution in [-0.2, 0) is 0 Å². The van der Waals surface area contributed by atoms with E-state index in [9.17, 15) is 15.2 Å². The second-order valence-electron chi connectivity index (χ2n) is 10.8. The van der Waals surface area contributed by atoms with Crippen molar-refractivity contribution in [2.75, 3.05) is 29.9 Å². The predicted molar refractivity (Wildman–Crippen MR) is 147 cm³/mol. The number of fused-ring (bicyclic) bond motifs is 3. The summed E-state index contributed by atoms with van der Waals surface area (Å²) < 4.78 is 21.8. The summed E-state index contributed by atoms with van der Waals surface area (Å²) in [6.07, 6.45) is 3.94. The molecular formula is C29H28FN7O3. The van der Waals surface area contributed by atoms with Gasteiger partial charge >= 0.3 is 6.03 Å². The molecule has 0 spiro atoms. The van der Waals surface area contributed by atoms with Crippen LogP contribution < -0.4 is 15.0 Å². The molecule has 3 fully saturated rings. The van der Waals surface area contributed by atoms with Gasteiger partial charge in [-0.25, -0.2) is 14.3 Å². The van der Waals surface area contributed by atoms with Gasteiger partial charge in [-0.15, -0.1) is 0 Å². The van der Waals surface area contributed by atoms with Gasteiger partial charge in [0.05, 0.1) is 35.0 Å². The maximum atomic E-state index is 15.2. The Kier molecular flexibility index (Phi) is 6.27. The number of nitriles is 1. The molecule has 2 unspecified atom stereocenters. The number of benzene rings is 1. The molecule has 2 bridgehead atoms. The molecule has 0 aliphatic carbocycles. The first-order chi connectivity index (χ1) is 19.2. The smallest absolute Gasteiger partial charge is 0.322 e. The number of rotatable bonds is 6. The van der Waals surface area contributed by atoms with Crippen LogP contribution in [0.25, 0.3) is 16.6 Å². The molecule has 6 heterocycles. The van der Waals surface area contributed by atoms with Crippen molar-refractivity contribution in [1.29, 1.82) is 5.26 Å². The minimum absolute atomic E-state index is 0.0903. The summed E-state index contributed by atoms with van der Waals surface area (Å²) in [4.78, 5) is 21.6. The van der Waals surface area contributed by atoms with Crippen LogP contribution in [0.5, 0.6) is 5.75 Å². The van der Waals surface area contributed by atoms with Crippen LogP contribution in [0.3, 0.4) is 0 Å². The average molecular weight is 542 g/mol. The fourth-order valence-corrected chi connectivity index (χ4v) is 5.35. The lowest BCUT2D eigenvalue weighted by Gasteiger charge is -2.56. The lowest BCUT2D eigenvalue weighted by molar-refractivity contribution is 0.0267. The molecule has 3 aromatic heterocycles. The highest BCUT2D eigenvalue weighted by atomic mass is 19.1. The zero-order valence-electron chi connectivity index (χ0n) is 22.1. The zero-order valence-corrected chi connectivity index (χ0v) is 22.1. The number of anilines is 2. The summed E-state index contributed by atoms with van der Waals surface area (Å²) in [5.74, 6) is -0.0824. The highest BCUT2D eigenvalue weighted by Gasteiger charge is 2.47. The summed E-state index contributed by atoms with van der Waals surface area (Å²) in [5, 5.41) is 26.7. The Hall–Kier alpha value is -4.69. The monoisotopic (exact) mass is 541 g/mol. The number of carbonyl (C=O) groups excluding carboxylic acids is 1. The first kappa shape index (κ1) is 25.6. The molecule has 3 aliphatic rings. The summed E-state index contributed by atoms with van der Waals surface area (Å²) in [5.41, 5.74) is 1.32. The molecule has 7 rings (SSSR count). The Morgan fingerprint density at radius 1 is 1.20 bits per heavy atom. The van der Waals surface area contributed by atoms with Gasteiger partial charge in [0.25, 0.3) is 5.95 Å². The van der Waals surface area contributed by atoms with Crippen molar-refractivity contribution < 1.29 is 19.0 Å². The number of aliphatic hydroxyl groups is 1. The highest BCUT2D eigenvalue weighted by molar-refractivity contribution is 5.90. The second-order valence-corrected chi connectivity index (χ2v) is 10.8. The number of nitrogens with one attached hydrogen (secondary N) is 1. The quantitative estimate of drug-likeness (QED) is 0.354. The lowest BCUT2D eigenvalue weighted by atomic mass is 9.88. The number of para-hydroxylation sites is 1. The molecule has 40 heavy (non-hydrogen) atoms. The van der Waals surface area contributed by atoms with Crippen molar-refractivity contribution in [1.82, 2.24) is 19.5 Å². The van der Waals surface area contributed by atoms with Crippen molar-refractivity contribution in [3.8, 4) is 22.9 Å². The van der Waals surface area contributed by atoms with E-state index in [4.69, 9.17) is 4.74 Å². The first-order valence-corrected chi connectivity index (χ1v) is 13.0. The van der Waals surface area contributed by atoms with Crippen molar-refractivity contribution >= 4 is 23.1 Å². The van der Waals surface area contributed by atoms with Gasteiger partial charge in [0, 0.05) is 36.1 Å². The van der Waals surface area contributed by atoms with Crippen LogP contribution in [-0.4, -0.2) is 68.0 Å². The van der Waals surface area contributed by atoms with E-state index >= 15 is 4.39 Å². The number of hydrogen-bond acceptors (Lipinski definition) is 7. The van der Waals surface area contributed by atoms with Crippen LogP contribution >= 0.6 is 0 Å². The number of aromatic nitrogens is 3. The summed E-state index contributed by atoms with van der Waals surface area (Å²) in [6, 6.07) is 16.8. The molecule has 2 atom stereocenters. The van der Waals surface area contributed by atoms with Crippen molar-refractivity contribution in [2.24, 2.45) is 0 Å². The van der Waals surface area contributed by atoms with E-state index < -0.39 is 11.5 Å². The molecule has 0 saturated carbocycles. The largest absolute Gasteiger partial charge is 0.486 e. The van der Waals surface area contributed by atoms with Crippen molar-refractivity contribution in [3.05, 3.63) is 72.4 Å². The molecule has 3 saturated heterocycles. The fraction of sp³-hybridized carbons (Fsp3) is 0.310. The molecule has 0 radical (unpaired) electrons. The molecule has 1 aromatic carbocycles. The number of pyridine rings is 2. The van der Waals surface area contributed by atoms with Gasteiger partial charge in [0.2, 0.25) is 0 Å². The van der Waals surface area contributed by atoms with Gasteiger partial charge in [-0.3, -0.25) is 0 Å². The summed E-state index contributed by atoms with van der Waals surface area (Å²) in [7, 11) is 0. The van der Waals surface area contributed by atoms with E-state index in [-0.39, 0.29) is 36.0 Å². The maximum absolute atomic E-state index is 15.2. The standard InChI is InChI=1S/C29H28FN7O3/c1-29(2,39)17-40-24-11-23(26-19(12-31)14-33-37(26)27(24)30)18-8-9-25(32-13-18)35-15-21-10-22(16-35)36(21)28(38)34-20-6-4-3-5-7-20/h3-9,11,13-14,21-22,39H,10,15-17H2,1-2H3,(H,34,38). The number of halogens is 1. The predicted octanol–water partition coefficient (Wildman–Crippen LogP) is 4.05. The molecule has 10 nitrogen and oxygen atoms in total. The van der Waals surface area contributed by atoms with Gasteiger partial charge in [-0.1, -0.05) is 18.2 Å². The number of urea groups is 1. The molecule has 4 aromatic rings. The van der Waals surface area contributed by atoms with Gasteiger partial charge in [0.1, 0.15) is 18.5 Å². The van der Waals surface area contributed by atoms with Gasteiger partial charge in [0.15, 0.2) is 5.75 Å². The topological polar surface area (TPSA) is 119 Å². The molecule has 204 valence electrons. The molecule has 3 aliphatic heterocycles. The molecular weight excluding hydrogens is 513 g/mol. The Morgan fingerprint density at radius 3 is 2.60 bits per heavy atom. The number of ether oxygens (including phenoxy) is 1. The first-order valence-electron chi connectivity index (χ1n) is 13.0. The third kappa shape index (κ3) is 4.67. The lowest BCUT2D eigenvalue weighted by Crippen LogP contribution is -2.71. The van der Waals surface area contributed by atoms with E-state index in [2.05, 4.69) is 26.4 Å². The van der Waals surface area contributed by atoms with Crippen LogP contribution in [0.2, 0.25) is 0 Å². The summed E-state index contributed by atoms with van der Waals surface area (Å²) >= 11 is 0.